The van der Waals surface area contributed by atoms with Crippen molar-refractivity contribution in [2.75, 3.05) is 6.54 Å². The molecule has 1 aromatic heterocycles. The van der Waals surface area contributed by atoms with Crippen LogP contribution in [0.4, 0.5) is 5.69 Å². The van der Waals surface area contributed by atoms with Crippen LogP contribution in [-0.2, 0) is 4.79 Å². The molecule has 0 spiro atoms. The Balaban J connectivity index is 1.68. The first kappa shape index (κ1) is 24.5. The highest BCUT2D eigenvalue weighted by Gasteiger charge is 2.32. The van der Waals surface area contributed by atoms with Crippen molar-refractivity contribution in [2.45, 2.75) is 27.7 Å². The number of thioether (sulfide) groups is 1. The SMILES string of the molecule is CCN1C(=O)/C(=C/c2cc(C)n(-c3ccc(C(C)=O)cc3)c2C)SC1=Nc1ccc(Br)c(Cl)c1. The molecular weight excluding hydrogens is 534 g/mol. The van der Waals surface area contributed by atoms with Gasteiger partial charge in [0, 0.05) is 33.7 Å². The molecule has 0 N–H and O–H groups in total. The second-order valence-electron chi connectivity index (χ2n) is 7.92. The zero-order valence-corrected chi connectivity index (χ0v) is 22.4. The Morgan fingerprint density at radius 3 is 2.47 bits per heavy atom. The van der Waals surface area contributed by atoms with Crippen LogP contribution in [0.25, 0.3) is 11.8 Å². The van der Waals surface area contributed by atoms with E-state index >= 15 is 0 Å². The van der Waals surface area contributed by atoms with Gasteiger partial charge in [0.1, 0.15) is 0 Å². The minimum atomic E-state index is -0.0647. The van der Waals surface area contributed by atoms with Crippen LogP contribution in [0.5, 0.6) is 0 Å². The second-order valence-corrected chi connectivity index (χ2v) is 10.2. The fourth-order valence-corrected chi connectivity index (χ4v) is 5.33. The van der Waals surface area contributed by atoms with E-state index in [2.05, 4.69) is 31.6 Å². The van der Waals surface area contributed by atoms with Crippen LogP contribution in [0, 0.1) is 13.8 Å². The molecule has 1 fully saturated rings. The van der Waals surface area contributed by atoms with E-state index in [-0.39, 0.29) is 11.7 Å². The summed E-state index contributed by atoms with van der Waals surface area (Å²) in [7, 11) is 0. The number of likely N-dealkylation sites (N-methyl/N-ethyl adjacent to an activating group) is 1. The molecule has 8 heteroatoms. The number of carbonyl (C=O) groups is 2. The zero-order chi connectivity index (χ0) is 24.6. The van der Waals surface area contributed by atoms with Crippen molar-refractivity contribution in [2.24, 2.45) is 4.99 Å². The van der Waals surface area contributed by atoms with E-state index in [1.165, 1.54) is 11.8 Å². The Bertz CT molecular complexity index is 1360. The number of amidine groups is 1. The van der Waals surface area contributed by atoms with Gasteiger partial charge in [0.05, 0.1) is 15.6 Å². The number of amides is 1. The third-order valence-corrected chi connectivity index (χ3v) is 7.86. The number of halogens is 2. The van der Waals surface area contributed by atoms with Gasteiger partial charge in [-0.1, -0.05) is 11.6 Å². The van der Waals surface area contributed by atoms with Gasteiger partial charge in [-0.05, 0) is 116 Å². The smallest absolute Gasteiger partial charge is 0.266 e. The maximum absolute atomic E-state index is 13.1. The maximum Gasteiger partial charge on any atom is 0.266 e. The maximum atomic E-state index is 13.1. The standard InChI is InChI=1S/C26H23BrClN3O2S/c1-5-30-25(33)24(34-26(30)29-20-8-11-22(27)23(28)14-20)13-19-12-15(2)31(16(19)3)21-9-6-18(7-10-21)17(4)32/h6-14H,5H2,1-4H3/b24-13-,29-26?. The van der Waals surface area contributed by atoms with E-state index in [0.717, 1.165) is 27.1 Å². The van der Waals surface area contributed by atoms with Crippen molar-refractivity contribution < 1.29 is 9.59 Å². The van der Waals surface area contributed by atoms with Crippen molar-refractivity contribution in [3.8, 4) is 5.69 Å². The van der Waals surface area contributed by atoms with Crippen molar-refractivity contribution in [3.63, 3.8) is 0 Å². The van der Waals surface area contributed by atoms with Crippen LogP contribution in [0.3, 0.4) is 0 Å². The molecule has 174 valence electrons. The van der Waals surface area contributed by atoms with E-state index in [9.17, 15) is 9.59 Å². The minimum absolute atomic E-state index is 0.0399. The minimum Gasteiger partial charge on any atom is -0.318 e. The first-order valence-electron chi connectivity index (χ1n) is 10.7. The number of aliphatic imine (C=N–C) groups is 1. The second kappa shape index (κ2) is 9.94. The Labute approximate surface area is 216 Å². The van der Waals surface area contributed by atoms with Gasteiger partial charge in [0.25, 0.3) is 5.91 Å². The lowest BCUT2D eigenvalue weighted by atomic mass is 10.1. The lowest BCUT2D eigenvalue weighted by Crippen LogP contribution is -2.28. The summed E-state index contributed by atoms with van der Waals surface area (Å²) >= 11 is 11.0. The largest absolute Gasteiger partial charge is 0.318 e. The van der Waals surface area contributed by atoms with E-state index in [1.807, 2.05) is 63.2 Å². The number of hydrogen-bond donors (Lipinski definition) is 0. The van der Waals surface area contributed by atoms with Crippen LogP contribution < -0.4 is 0 Å². The van der Waals surface area contributed by atoms with E-state index < -0.39 is 0 Å². The fraction of sp³-hybridized carbons (Fsp3) is 0.192. The number of benzene rings is 2. The summed E-state index contributed by atoms with van der Waals surface area (Å²) in [5, 5.41) is 1.20. The molecule has 0 radical (unpaired) electrons. The number of aromatic nitrogens is 1. The average molecular weight is 557 g/mol. The molecule has 0 bridgehead atoms. The van der Waals surface area contributed by atoms with Crippen molar-refractivity contribution in [1.82, 2.24) is 9.47 Å². The Kier molecular flexibility index (Phi) is 7.17. The summed E-state index contributed by atoms with van der Waals surface area (Å²) in [6, 6.07) is 15.1. The highest BCUT2D eigenvalue weighted by Crippen LogP contribution is 2.36. The van der Waals surface area contributed by atoms with Gasteiger partial charge in [-0.3, -0.25) is 14.5 Å². The number of aryl methyl sites for hydroxylation is 1. The predicted octanol–water partition coefficient (Wildman–Crippen LogP) is 7.34. The monoisotopic (exact) mass is 555 g/mol. The van der Waals surface area contributed by atoms with Gasteiger partial charge in [0.15, 0.2) is 11.0 Å². The normalized spacial score (nSPS) is 16.2. The van der Waals surface area contributed by atoms with Gasteiger partial charge >= 0.3 is 0 Å². The molecule has 1 saturated heterocycles. The van der Waals surface area contributed by atoms with Crippen LogP contribution in [0.1, 0.15) is 41.2 Å². The van der Waals surface area contributed by atoms with E-state index in [0.29, 0.717) is 32.9 Å². The molecule has 2 heterocycles. The number of nitrogens with zero attached hydrogens (tertiary/aromatic N) is 3. The van der Waals surface area contributed by atoms with Gasteiger partial charge in [0.2, 0.25) is 0 Å². The van der Waals surface area contributed by atoms with E-state index in [1.54, 1.807) is 17.9 Å². The molecule has 5 nitrogen and oxygen atoms in total. The van der Waals surface area contributed by atoms with Crippen molar-refractivity contribution >= 4 is 67.9 Å². The molecule has 2 aromatic carbocycles. The number of ketones is 1. The summed E-state index contributed by atoms with van der Waals surface area (Å²) < 4.78 is 2.92. The molecule has 0 aliphatic carbocycles. The number of carbonyl (C=O) groups excluding carboxylic acids is 2. The molecule has 4 rings (SSSR count). The van der Waals surface area contributed by atoms with Crippen molar-refractivity contribution in [3.05, 3.63) is 85.4 Å². The molecule has 1 aliphatic rings. The third kappa shape index (κ3) is 4.78. The lowest BCUT2D eigenvalue weighted by molar-refractivity contribution is -0.122. The number of Topliss-reactive ketones (excluding diaryl/α,β-unsaturated/α-hetero) is 1. The summed E-state index contributed by atoms with van der Waals surface area (Å²) in [6.07, 6.45) is 1.93. The van der Waals surface area contributed by atoms with Gasteiger partial charge in [-0.2, -0.15) is 0 Å². The molecular formula is C26H23BrClN3O2S. The van der Waals surface area contributed by atoms with Crippen molar-refractivity contribution in [1.29, 1.82) is 0 Å². The molecule has 34 heavy (non-hydrogen) atoms. The van der Waals surface area contributed by atoms with Gasteiger partial charge in [-0.15, -0.1) is 0 Å². The lowest BCUT2D eigenvalue weighted by Gasteiger charge is -2.12. The number of rotatable bonds is 5. The Morgan fingerprint density at radius 1 is 1.15 bits per heavy atom. The first-order valence-corrected chi connectivity index (χ1v) is 12.7. The van der Waals surface area contributed by atoms with Crippen LogP contribution in [-0.4, -0.2) is 32.9 Å². The summed E-state index contributed by atoms with van der Waals surface area (Å²) in [5.41, 5.74) is 5.37. The molecule has 0 atom stereocenters. The molecule has 1 amide bonds. The van der Waals surface area contributed by atoms with Crippen LogP contribution in [0.15, 0.2) is 62.9 Å². The Morgan fingerprint density at radius 2 is 1.85 bits per heavy atom. The summed E-state index contributed by atoms with van der Waals surface area (Å²) in [6.45, 7) is 8.07. The summed E-state index contributed by atoms with van der Waals surface area (Å²) in [4.78, 5) is 31.7. The predicted molar refractivity (Wildman–Crippen MR) is 144 cm³/mol. The zero-order valence-electron chi connectivity index (χ0n) is 19.2. The highest BCUT2D eigenvalue weighted by molar-refractivity contribution is 9.10. The third-order valence-electron chi connectivity index (χ3n) is 5.62. The summed E-state index contributed by atoms with van der Waals surface area (Å²) in [5.74, 6) is -0.0249. The molecule has 1 aliphatic heterocycles. The van der Waals surface area contributed by atoms with Gasteiger partial charge < -0.3 is 4.57 Å². The average Bonchev–Trinajstić information content (AvgIpc) is 3.25. The Hall–Kier alpha value is -2.61. The highest BCUT2D eigenvalue weighted by atomic mass is 79.9. The molecule has 0 unspecified atom stereocenters. The fourth-order valence-electron chi connectivity index (χ4n) is 3.85. The van der Waals surface area contributed by atoms with Crippen LogP contribution >= 0.6 is 39.3 Å². The van der Waals surface area contributed by atoms with Crippen LogP contribution in [0.2, 0.25) is 5.02 Å². The topological polar surface area (TPSA) is 54.7 Å². The number of hydrogen-bond acceptors (Lipinski definition) is 4. The molecule has 0 saturated carbocycles. The first-order chi connectivity index (χ1) is 16.2. The van der Waals surface area contributed by atoms with Gasteiger partial charge in [-0.25, -0.2) is 4.99 Å². The van der Waals surface area contributed by atoms with E-state index in [4.69, 9.17) is 11.6 Å². The molecule has 3 aromatic rings. The quantitative estimate of drug-likeness (QED) is 0.244.